The second kappa shape index (κ2) is 8.91. The molecule has 0 fully saturated rings. The summed E-state index contributed by atoms with van der Waals surface area (Å²) in [5.41, 5.74) is 4.48. The number of urea groups is 1. The molecule has 33 heavy (non-hydrogen) atoms. The molecule has 0 aliphatic rings. The van der Waals surface area contributed by atoms with Gasteiger partial charge in [-0.05, 0) is 59.8 Å². The van der Waals surface area contributed by atoms with Crippen LogP contribution in [0, 0.1) is 0 Å². The molecule has 168 valence electrons. The summed E-state index contributed by atoms with van der Waals surface area (Å²) < 4.78 is 37.2. The molecule has 4 rings (SSSR count). The number of hydrogen-bond donors (Lipinski definition) is 4. The van der Waals surface area contributed by atoms with Gasteiger partial charge >= 0.3 is 11.5 Å². The molecule has 0 saturated carbocycles. The van der Waals surface area contributed by atoms with E-state index in [1.165, 1.54) is 24.3 Å². The zero-order valence-electron chi connectivity index (χ0n) is 16.9. The number of halogens is 3. The summed E-state index contributed by atoms with van der Waals surface area (Å²) in [6, 6.07) is 19.1. The number of nitrogens with two attached hydrogens (primary N) is 1. The SMILES string of the molecule is NC(=O)c1[nH]c2ccccc2c1-c1ccc(NC(=O)Nc2ccc(SC(F)(F)F)cc2)cc1. The van der Waals surface area contributed by atoms with Gasteiger partial charge in [-0.2, -0.15) is 13.2 Å². The lowest BCUT2D eigenvalue weighted by atomic mass is 10.0. The van der Waals surface area contributed by atoms with E-state index in [4.69, 9.17) is 5.73 Å². The number of carbonyl (C=O) groups excluding carboxylic acids is 2. The fraction of sp³-hybridized carbons (Fsp3) is 0.0435. The molecule has 1 aromatic heterocycles. The number of nitrogens with one attached hydrogen (secondary N) is 3. The maximum Gasteiger partial charge on any atom is 0.446 e. The highest BCUT2D eigenvalue weighted by molar-refractivity contribution is 8.00. The van der Waals surface area contributed by atoms with Gasteiger partial charge in [-0.3, -0.25) is 4.79 Å². The van der Waals surface area contributed by atoms with Gasteiger partial charge in [0, 0.05) is 32.7 Å². The van der Waals surface area contributed by atoms with Crippen LogP contribution in [-0.4, -0.2) is 22.4 Å². The first kappa shape index (κ1) is 22.3. The lowest BCUT2D eigenvalue weighted by Crippen LogP contribution is -2.19. The maximum atomic E-state index is 12.4. The van der Waals surface area contributed by atoms with Gasteiger partial charge in [0.05, 0.1) is 0 Å². The molecular weight excluding hydrogens is 453 g/mol. The van der Waals surface area contributed by atoms with Crippen molar-refractivity contribution in [2.45, 2.75) is 10.4 Å². The number of thioether (sulfide) groups is 1. The lowest BCUT2D eigenvalue weighted by molar-refractivity contribution is -0.0328. The Balaban J connectivity index is 1.46. The minimum Gasteiger partial charge on any atom is -0.364 e. The van der Waals surface area contributed by atoms with E-state index in [1.807, 2.05) is 24.3 Å². The fourth-order valence-corrected chi connectivity index (χ4v) is 3.92. The average Bonchev–Trinajstić information content (AvgIpc) is 3.15. The Bertz CT molecular complexity index is 1320. The number of fused-ring (bicyclic) bond motifs is 1. The van der Waals surface area contributed by atoms with Gasteiger partial charge in [0.1, 0.15) is 5.69 Å². The maximum absolute atomic E-state index is 12.4. The van der Waals surface area contributed by atoms with E-state index in [1.54, 1.807) is 24.3 Å². The van der Waals surface area contributed by atoms with Gasteiger partial charge in [-0.1, -0.05) is 30.3 Å². The van der Waals surface area contributed by atoms with Gasteiger partial charge in [-0.25, -0.2) is 4.79 Å². The van der Waals surface area contributed by atoms with Crippen molar-refractivity contribution in [3.63, 3.8) is 0 Å². The predicted molar refractivity (Wildman–Crippen MR) is 123 cm³/mol. The van der Waals surface area contributed by atoms with E-state index in [0.717, 1.165) is 16.5 Å². The molecule has 0 aliphatic heterocycles. The van der Waals surface area contributed by atoms with Gasteiger partial charge in [0.15, 0.2) is 0 Å². The topological polar surface area (TPSA) is 100 Å². The van der Waals surface area contributed by atoms with Crippen LogP contribution in [0.4, 0.5) is 29.3 Å². The molecule has 0 radical (unpaired) electrons. The monoisotopic (exact) mass is 470 g/mol. The Kier molecular flexibility index (Phi) is 6.01. The number of H-pyrrole nitrogens is 1. The Hall–Kier alpha value is -3.92. The summed E-state index contributed by atoms with van der Waals surface area (Å²) in [6.45, 7) is 0. The summed E-state index contributed by atoms with van der Waals surface area (Å²) in [5.74, 6) is -0.581. The van der Waals surface area contributed by atoms with Crippen molar-refractivity contribution in [2.75, 3.05) is 10.6 Å². The first-order valence-corrected chi connectivity index (χ1v) is 10.5. The zero-order chi connectivity index (χ0) is 23.6. The van der Waals surface area contributed by atoms with Crippen molar-refractivity contribution in [2.24, 2.45) is 5.73 Å². The van der Waals surface area contributed by atoms with E-state index in [0.29, 0.717) is 22.6 Å². The fourth-order valence-electron chi connectivity index (χ4n) is 3.38. The van der Waals surface area contributed by atoms with Crippen LogP contribution in [0.1, 0.15) is 10.5 Å². The molecule has 3 aromatic carbocycles. The molecule has 0 saturated heterocycles. The standard InChI is InChI=1S/C23H17F3N4O2S/c24-23(25,26)33-16-11-9-15(10-12-16)29-22(32)28-14-7-5-13(6-8-14)19-17-3-1-2-4-18(17)30-20(19)21(27)31/h1-12,30H,(H2,27,31)(H2,28,29,32). The van der Waals surface area contributed by atoms with Crippen LogP contribution in [0.15, 0.2) is 77.7 Å². The first-order chi connectivity index (χ1) is 15.7. The quantitative estimate of drug-likeness (QED) is 0.262. The normalized spacial score (nSPS) is 11.4. The molecule has 3 amide bonds. The van der Waals surface area contributed by atoms with Crippen LogP contribution in [-0.2, 0) is 0 Å². The van der Waals surface area contributed by atoms with Crippen molar-refractivity contribution in [1.82, 2.24) is 4.98 Å². The Morgan fingerprint density at radius 2 is 1.42 bits per heavy atom. The number of primary amides is 1. The lowest BCUT2D eigenvalue weighted by Gasteiger charge is -2.10. The molecular formula is C23H17F3N4O2S. The highest BCUT2D eigenvalue weighted by Gasteiger charge is 2.29. The van der Waals surface area contributed by atoms with Gasteiger partial charge < -0.3 is 21.4 Å². The van der Waals surface area contributed by atoms with Crippen molar-refractivity contribution in [1.29, 1.82) is 0 Å². The molecule has 0 spiro atoms. The molecule has 1 heterocycles. The van der Waals surface area contributed by atoms with E-state index in [-0.39, 0.29) is 16.7 Å². The number of carbonyl (C=O) groups is 2. The van der Waals surface area contributed by atoms with E-state index in [2.05, 4.69) is 15.6 Å². The number of hydrogen-bond acceptors (Lipinski definition) is 3. The summed E-state index contributed by atoms with van der Waals surface area (Å²) in [4.78, 5) is 27.2. The number of aromatic nitrogens is 1. The predicted octanol–water partition coefficient (Wildman–Crippen LogP) is 6.19. The number of para-hydroxylation sites is 1. The third kappa shape index (κ3) is 5.29. The van der Waals surface area contributed by atoms with Crippen LogP contribution < -0.4 is 16.4 Å². The Morgan fingerprint density at radius 1 is 0.848 bits per heavy atom. The molecule has 4 aromatic rings. The van der Waals surface area contributed by atoms with E-state index in [9.17, 15) is 22.8 Å². The van der Waals surface area contributed by atoms with Crippen LogP contribution >= 0.6 is 11.8 Å². The van der Waals surface area contributed by atoms with Crippen molar-refractivity contribution in [3.05, 3.63) is 78.5 Å². The highest BCUT2D eigenvalue weighted by Crippen LogP contribution is 2.37. The first-order valence-electron chi connectivity index (χ1n) is 9.64. The molecule has 5 N–H and O–H groups in total. The Morgan fingerprint density at radius 3 is 2.00 bits per heavy atom. The van der Waals surface area contributed by atoms with Gasteiger partial charge in [0.25, 0.3) is 5.91 Å². The smallest absolute Gasteiger partial charge is 0.364 e. The van der Waals surface area contributed by atoms with Crippen LogP contribution in [0.3, 0.4) is 0 Å². The zero-order valence-corrected chi connectivity index (χ0v) is 17.7. The minimum atomic E-state index is -4.37. The highest BCUT2D eigenvalue weighted by atomic mass is 32.2. The largest absolute Gasteiger partial charge is 0.446 e. The number of aromatic amines is 1. The van der Waals surface area contributed by atoms with E-state index >= 15 is 0 Å². The Labute approximate surface area is 190 Å². The summed E-state index contributed by atoms with van der Waals surface area (Å²) >= 11 is -0.225. The number of anilines is 2. The average molecular weight is 470 g/mol. The van der Waals surface area contributed by atoms with Crippen molar-refractivity contribution in [3.8, 4) is 11.1 Å². The number of rotatable bonds is 5. The molecule has 10 heteroatoms. The van der Waals surface area contributed by atoms with Crippen molar-refractivity contribution >= 4 is 46.0 Å². The number of benzene rings is 3. The third-order valence-corrected chi connectivity index (χ3v) is 5.47. The van der Waals surface area contributed by atoms with E-state index < -0.39 is 17.4 Å². The summed E-state index contributed by atoms with van der Waals surface area (Å²) in [6.07, 6.45) is 0. The summed E-state index contributed by atoms with van der Waals surface area (Å²) in [5, 5.41) is 6.06. The van der Waals surface area contributed by atoms with Crippen LogP contribution in [0.25, 0.3) is 22.0 Å². The molecule has 6 nitrogen and oxygen atoms in total. The van der Waals surface area contributed by atoms with Crippen LogP contribution in [0.5, 0.6) is 0 Å². The molecule has 0 bridgehead atoms. The van der Waals surface area contributed by atoms with Gasteiger partial charge in [-0.15, -0.1) is 0 Å². The molecule has 0 atom stereocenters. The minimum absolute atomic E-state index is 0.0247. The summed E-state index contributed by atoms with van der Waals surface area (Å²) in [7, 11) is 0. The second-order valence-electron chi connectivity index (χ2n) is 7.01. The molecule has 0 aliphatic carbocycles. The number of alkyl halides is 3. The van der Waals surface area contributed by atoms with Crippen molar-refractivity contribution < 1.29 is 22.8 Å². The second-order valence-corrected chi connectivity index (χ2v) is 8.15. The van der Waals surface area contributed by atoms with Gasteiger partial charge in [0.2, 0.25) is 0 Å². The third-order valence-electron chi connectivity index (χ3n) is 4.73. The van der Waals surface area contributed by atoms with Crippen LogP contribution in [0.2, 0.25) is 0 Å². The molecule has 0 unspecified atom stereocenters. The number of amides is 3.